The fourth-order valence-corrected chi connectivity index (χ4v) is 8.08. The Morgan fingerprint density at radius 2 is 1.25 bits per heavy atom. The van der Waals surface area contributed by atoms with Gasteiger partial charge in [0.25, 0.3) is 0 Å². The molecule has 4 atom stereocenters. The molecule has 40 heavy (non-hydrogen) atoms. The highest BCUT2D eigenvalue weighted by molar-refractivity contribution is 5.35. The highest BCUT2D eigenvalue weighted by atomic mass is 19.2. The van der Waals surface area contributed by atoms with E-state index in [1.807, 2.05) is 0 Å². The van der Waals surface area contributed by atoms with Gasteiger partial charge >= 0.3 is 0 Å². The van der Waals surface area contributed by atoms with E-state index < -0.39 is 11.6 Å². The van der Waals surface area contributed by atoms with E-state index in [1.54, 1.807) is 6.92 Å². The Morgan fingerprint density at radius 3 is 1.93 bits per heavy atom. The van der Waals surface area contributed by atoms with E-state index >= 15 is 0 Å². The van der Waals surface area contributed by atoms with E-state index in [1.165, 1.54) is 100 Å². The van der Waals surface area contributed by atoms with Crippen LogP contribution in [0.4, 0.5) is 8.78 Å². The van der Waals surface area contributed by atoms with Crippen molar-refractivity contribution in [1.82, 2.24) is 0 Å². The van der Waals surface area contributed by atoms with Crippen molar-refractivity contribution in [3.8, 4) is 11.5 Å². The molecule has 2 aromatic carbocycles. The average molecular weight is 553 g/mol. The molecule has 3 saturated carbocycles. The first-order valence-electron chi connectivity index (χ1n) is 16.4. The Labute approximate surface area is 241 Å². The van der Waals surface area contributed by atoms with Crippen LogP contribution in [0.1, 0.15) is 114 Å². The molecule has 2 nitrogen and oxygen atoms in total. The number of hydrogen-bond donors (Lipinski definition) is 0. The largest absolute Gasteiger partial charge is 0.491 e. The average Bonchev–Trinajstić information content (AvgIpc) is 2.99. The fourth-order valence-electron chi connectivity index (χ4n) is 8.08. The molecule has 3 aliphatic rings. The normalized spacial score (nSPS) is 28.6. The lowest BCUT2D eigenvalue weighted by molar-refractivity contribution is 0.0901. The van der Waals surface area contributed by atoms with Crippen LogP contribution >= 0.6 is 0 Å². The number of hydrogen-bond acceptors (Lipinski definition) is 2. The third-order valence-corrected chi connectivity index (χ3v) is 10.5. The molecule has 2 aromatic rings. The zero-order valence-electron chi connectivity index (χ0n) is 24.8. The van der Waals surface area contributed by atoms with Gasteiger partial charge in [0.1, 0.15) is 0 Å². The molecule has 0 spiro atoms. The molecule has 0 amide bonds. The molecule has 0 radical (unpaired) electrons. The van der Waals surface area contributed by atoms with Crippen molar-refractivity contribution >= 4 is 0 Å². The molecule has 0 heterocycles. The minimum absolute atomic E-state index is 0.00501. The van der Waals surface area contributed by atoms with Gasteiger partial charge in [0.2, 0.25) is 11.6 Å². The van der Waals surface area contributed by atoms with Gasteiger partial charge in [-0.05, 0) is 117 Å². The molecule has 220 valence electrons. The fraction of sp³-hybridized carbons (Fsp3) is 0.667. The van der Waals surface area contributed by atoms with Gasteiger partial charge in [-0.2, -0.15) is 8.78 Å². The van der Waals surface area contributed by atoms with E-state index in [0.29, 0.717) is 25.0 Å². The molecule has 4 unspecified atom stereocenters. The summed E-state index contributed by atoms with van der Waals surface area (Å²) in [5, 5.41) is 0. The molecule has 0 N–H and O–H groups in total. The van der Waals surface area contributed by atoms with Crippen LogP contribution in [0.15, 0.2) is 36.4 Å². The van der Waals surface area contributed by atoms with Gasteiger partial charge in [-0.1, -0.05) is 69.7 Å². The lowest BCUT2D eigenvalue weighted by Crippen LogP contribution is -2.32. The summed E-state index contributed by atoms with van der Waals surface area (Å²) in [7, 11) is 0. The van der Waals surface area contributed by atoms with E-state index in [2.05, 4.69) is 31.2 Å². The van der Waals surface area contributed by atoms with Gasteiger partial charge in [-0.3, -0.25) is 0 Å². The minimum atomic E-state index is -0.959. The van der Waals surface area contributed by atoms with Crippen molar-refractivity contribution < 1.29 is 18.3 Å². The molecule has 0 saturated heterocycles. The maximum atomic E-state index is 14.4. The summed E-state index contributed by atoms with van der Waals surface area (Å²) in [6.45, 7) is 4.83. The van der Waals surface area contributed by atoms with Crippen molar-refractivity contribution in [1.29, 1.82) is 0 Å². The van der Waals surface area contributed by atoms with Crippen LogP contribution in [-0.4, -0.2) is 13.2 Å². The zero-order valence-corrected chi connectivity index (χ0v) is 24.8. The predicted molar refractivity (Wildman–Crippen MR) is 159 cm³/mol. The molecule has 5 rings (SSSR count). The minimum Gasteiger partial charge on any atom is -0.491 e. The SMILES string of the molecule is CCCC1CCC(CCc2ccc(C3CCC4CC(COc5ccc(OCC)c(F)c5F)CCC4C3)cc2)CC1. The third kappa shape index (κ3) is 7.39. The highest BCUT2D eigenvalue weighted by Gasteiger charge is 2.36. The number of rotatable bonds is 11. The lowest BCUT2D eigenvalue weighted by atomic mass is 9.64. The van der Waals surface area contributed by atoms with Gasteiger partial charge < -0.3 is 9.47 Å². The van der Waals surface area contributed by atoms with Crippen molar-refractivity contribution in [3.63, 3.8) is 0 Å². The van der Waals surface area contributed by atoms with Crippen LogP contribution in [-0.2, 0) is 6.42 Å². The maximum absolute atomic E-state index is 14.4. The standard InChI is InChI=1S/C36H50F2O2/c1-3-5-25-6-8-26(9-7-25)10-11-27-12-15-29(16-13-27)31-19-18-30-22-28(14-17-32(30)23-31)24-40-34-21-20-33(39-4-2)35(37)36(34)38/h12-13,15-16,20-21,25-26,28,30-32H,3-11,14,17-19,22-24H2,1-2H3. The van der Waals surface area contributed by atoms with E-state index in [4.69, 9.17) is 9.47 Å². The molecule has 0 aliphatic heterocycles. The van der Waals surface area contributed by atoms with Crippen LogP contribution in [0, 0.1) is 41.2 Å². The summed E-state index contributed by atoms with van der Waals surface area (Å²) in [5.41, 5.74) is 3.04. The summed E-state index contributed by atoms with van der Waals surface area (Å²) >= 11 is 0. The summed E-state index contributed by atoms with van der Waals surface area (Å²) in [6.07, 6.45) is 18.4. The first-order chi connectivity index (χ1) is 19.5. The first-order valence-corrected chi connectivity index (χ1v) is 16.4. The molecule has 3 aliphatic carbocycles. The smallest absolute Gasteiger partial charge is 0.204 e. The quantitative estimate of drug-likeness (QED) is 0.276. The number of benzene rings is 2. The second-order valence-corrected chi connectivity index (χ2v) is 13.1. The van der Waals surface area contributed by atoms with Crippen LogP contribution in [0.5, 0.6) is 11.5 Å². The highest BCUT2D eigenvalue weighted by Crippen LogP contribution is 2.48. The van der Waals surface area contributed by atoms with E-state index in [9.17, 15) is 8.78 Å². The molecule has 3 fully saturated rings. The van der Waals surface area contributed by atoms with Crippen LogP contribution in [0.3, 0.4) is 0 Å². The van der Waals surface area contributed by atoms with Crippen molar-refractivity contribution in [2.45, 2.75) is 110 Å². The van der Waals surface area contributed by atoms with Crippen molar-refractivity contribution in [2.75, 3.05) is 13.2 Å². The maximum Gasteiger partial charge on any atom is 0.204 e. The summed E-state index contributed by atoms with van der Waals surface area (Å²) in [5.74, 6) is 2.56. The summed E-state index contributed by atoms with van der Waals surface area (Å²) in [4.78, 5) is 0. The Morgan fingerprint density at radius 1 is 0.650 bits per heavy atom. The number of halogens is 2. The van der Waals surface area contributed by atoms with Crippen molar-refractivity contribution in [3.05, 3.63) is 59.2 Å². The Bertz CT molecular complexity index is 1060. The van der Waals surface area contributed by atoms with E-state index in [-0.39, 0.29) is 11.5 Å². The number of aryl methyl sites for hydroxylation is 1. The second-order valence-electron chi connectivity index (χ2n) is 13.1. The number of ether oxygens (including phenoxy) is 2. The Hall–Kier alpha value is -2.10. The Balaban J connectivity index is 1.05. The van der Waals surface area contributed by atoms with Gasteiger partial charge in [0.15, 0.2) is 11.5 Å². The second kappa shape index (κ2) is 14.2. The zero-order chi connectivity index (χ0) is 27.9. The monoisotopic (exact) mass is 552 g/mol. The van der Waals surface area contributed by atoms with Crippen molar-refractivity contribution in [2.24, 2.45) is 29.6 Å². The molecule has 4 heteroatoms. The van der Waals surface area contributed by atoms with Gasteiger partial charge in [0, 0.05) is 0 Å². The summed E-state index contributed by atoms with van der Waals surface area (Å²) < 4.78 is 39.5. The van der Waals surface area contributed by atoms with Crippen LogP contribution in [0.2, 0.25) is 0 Å². The third-order valence-electron chi connectivity index (χ3n) is 10.5. The topological polar surface area (TPSA) is 18.5 Å². The van der Waals surface area contributed by atoms with Crippen LogP contribution < -0.4 is 9.47 Å². The van der Waals surface area contributed by atoms with E-state index in [0.717, 1.165) is 36.5 Å². The van der Waals surface area contributed by atoms with Crippen LogP contribution in [0.25, 0.3) is 0 Å². The molecular weight excluding hydrogens is 502 g/mol. The van der Waals surface area contributed by atoms with Gasteiger partial charge in [0.05, 0.1) is 13.2 Å². The van der Waals surface area contributed by atoms with Gasteiger partial charge in [-0.15, -0.1) is 0 Å². The Kier molecular flexibility index (Phi) is 10.4. The molecule has 0 bridgehead atoms. The van der Waals surface area contributed by atoms with Gasteiger partial charge in [-0.25, -0.2) is 0 Å². The summed E-state index contributed by atoms with van der Waals surface area (Å²) in [6, 6.07) is 12.6. The molecule has 0 aromatic heterocycles. The lowest BCUT2D eigenvalue weighted by Gasteiger charge is -2.42. The predicted octanol–water partition coefficient (Wildman–Crippen LogP) is 10.3. The first kappa shape index (κ1) is 29.4. The number of fused-ring (bicyclic) bond motifs is 1. The molecular formula is C36H50F2O2.